The summed E-state index contributed by atoms with van der Waals surface area (Å²) in [5, 5.41) is 0. The van der Waals surface area contributed by atoms with Crippen LogP contribution in [-0.4, -0.2) is 12.4 Å². The molecular weight excluding hydrogens is 492 g/mol. The number of benzene rings is 1. The van der Waals surface area contributed by atoms with Crippen LogP contribution in [0.4, 0.5) is 17.6 Å². The number of alkyl halides is 3. The number of carbonyl (C=O) groups is 1. The van der Waals surface area contributed by atoms with Gasteiger partial charge >= 0.3 is 6.18 Å². The SMILES string of the molecule is CCCC1CCC(C2CCC(CC(=O)c3ccc(OCC4CCC(C)CC4)c(F)c3C(F)(F)F)CC2)CC1. The second kappa shape index (κ2) is 13.2. The Morgan fingerprint density at radius 2 is 1.39 bits per heavy atom. The van der Waals surface area contributed by atoms with Gasteiger partial charge in [-0.05, 0) is 99.0 Å². The third kappa shape index (κ3) is 7.53. The number of ketones is 1. The highest BCUT2D eigenvalue weighted by Crippen LogP contribution is 2.44. The summed E-state index contributed by atoms with van der Waals surface area (Å²) in [6.07, 6.45) is 10.7. The molecule has 0 saturated heterocycles. The largest absolute Gasteiger partial charge is 0.490 e. The Morgan fingerprint density at radius 3 is 1.95 bits per heavy atom. The Morgan fingerprint density at radius 1 is 0.842 bits per heavy atom. The molecule has 0 bridgehead atoms. The first-order chi connectivity index (χ1) is 18.2. The maximum absolute atomic E-state index is 15.1. The van der Waals surface area contributed by atoms with E-state index in [4.69, 9.17) is 4.74 Å². The first-order valence-corrected chi connectivity index (χ1v) is 15.2. The van der Waals surface area contributed by atoms with E-state index in [0.717, 1.165) is 69.3 Å². The molecule has 0 heterocycles. The number of ether oxygens (including phenoxy) is 1. The molecule has 3 aliphatic carbocycles. The van der Waals surface area contributed by atoms with Crippen molar-refractivity contribution in [2.24, 2.45) is 35.5 Å². The highest BCUT2D eigenvalue weighted by molar-refractivity contribution is 5.98. The van der Waals surface area contributed by atoms with Crippen molar-refractivity contribution < 1.29 is 27.1 Å². The van der Waals surface area contributed by atoms with Crippen LogP contribution in [0.2, 0.25) is 0 Å². The molecule has 0 unspecified atom stereocenters. The third-order valence-electron chi connectivity index (χ3n) is 9.92. The standard InChI is InChI=1S/C32H46F4O2/c1-3-4-22-9-13-25(14-10-22)26-15-11-23(12-16-26)19-28(37)27-17-18-29(31(33)30(27)32(34,35)36)38-20-24-7-5-21(2)6-8-24/h17-18,21-26H,3-16,19-20H2,1-2H3. The Labute approximate surface area is 226 Å². The van der Waals surface area contributed by atoms with Crippen LogP contribution in [0, 0.1) is 41.3 Å². The molecule has 0 aliphatic heterocycles. The van der Waals surface area contributed by atoms with Crippen LogP contribution in [0.3, 0.4) is 0 Å². The molecule has 1 aromatic rings. The lowest BCUT2D eigenvalue weighted by Gasteiger charge is -2.37. The van der Waals surface area contributed by atoms with E-state index >= 15 is 4.39 Å². The van der Waals surface area contributed by atoms with E-state index in [-0.39, 0.29) is 24.9 Å². The van der Waals surface area contributed by atoms with Crippen molar-refractivity contribution in [3.05, 3.63) is 29.1 Å². The van der Waals surface area contributed by atoms with E-state index in [1.54, 1.807) is 0 Å². The monoisotopic (exact) mass is 538 g/mol. The van der Waals surface area contributed by atoms with Crippen molar-refractivity contribution in [1.29, 1.82) is 0 Å². The zero-order valence-corrected chi connectivity index (χ0v) is 23.3. The van der Waals surface area contributed by atoms with Gasteiger partial charge < -0.3 is 4.74 Å². The van der Waals surface area contributed by atoms with Gasteiger partial charge in [-0.25, -0.2) is 4.39 Å². The molecule has 0 aromatic heterocycles. The lowest BCUT2D eigenvalue weighted by atomic mass is 9.68. The molecule has 0 atom stereocenters. The van der Waals surface area contributed by atoms with Gasteiger partial charge in [-0.1, -0.05) is 52.4 Å². The molecule has 6 heteroatoms. The lowest BCUT2D eigenvalue weighted by molar-refractivity contribution is -0.140. The number of Topliss-reactive ketones (excluding diaryl/α,β-unsaturated/α-hetero) is 1. The Balaban J connectivity index is 1.34. The molecule has 2 nitrogen and oxygen atoms in total. The predicted octanol–water partition coefficient (Wildman–Crippen LogP) is 10.0. The molecule has 0 radical (unpaired) electrons. The summed E-state index contributed by atoms with van der Waals surface area (Å²) in [7, 11) is 0. The van der Waals surface area contributed by atoms with Crippen molar-refractivity contribution in [2.75, 3.05) is 6.61 Å². The van der Waals surface area contributed by atoms with E-state index < -0.39 is 34.7 Å². The van der Waals surface area contributed by atoms with Crippen molar-refractivity contribution in [3.63, 3.8) is 0 Å². The Hall–Kier alpha value is -1.59. The minimum atomic E-state index is -4.96. The smallest absolute Gasteiger partial charge is 0.420 e. The van der Waals surface area contributed by atoms with Gasteiger partial charge in [0.2, 0.25) is 0 Å². The minimum Gasteiger partial charge on any atom is -0.490 e. The topological polar surface area (TPSA) is 26.3 Å². The minimum absolute atomic E-state index is 0.0545. The molecule has 214 valence electrons. The lowest BCUT2D eigenvalue weighted by Crippen LogP contribution is -2.27. The van der Waals surface area contributed by atoms with Crippen LogP contribution in [0.5, 0.6) is 5.75 Å². The van der Waals surface area contributed by atoms with Crippen molar-refractivity contribution >= 4 is 5.78 Å². The fraction of sp³-hybridized carbons (Fsp3) is 0.781. The average Bonchev–Trinajstić information content (AvgIpc) is 2.89. The van der Waals surface area contributed by atoms with Gasteiger partial charge in [-0.15, -0.1) is 0 Å². The highest BCUT2D eigenvalue weighted by Gasteiger charge is 2.41. The fourth-order valence-electron chi connectivity index (χ4n) is 7.47. The van der Waals surface area contributed by atoms with E-state index in [0.29, 0.717) is 11.8 Å². The van der Waals surface area contributed by atoms with Crippen molar-refractivity contribution in [2.45, 2.75) is 116 Å². The summed E-state index contributed by atoms with van der Waals surface area (Å²) >= 11 is 0. The maximum atomic E-state index is 15.1. The van der Waals surface area contributed by atoms with E-state index in [1.807, 2.05) is 0 Å². The average molecular weight is 539 g/mol. The normalized spacial score (nSPS) is 30.7. The zero-order chi connectivity index (χ0) is 27.3. The summed E-state index contributed by atoms with van der Waals surface area (Å²) in [6.45, 7) is 4.64. The molecule has 3 saturated carbocycles. The summed E-state index contributed by atoms with van der Waals surface area (Å²) in [5.41, 5.74) is -2.01. The van der Waals surface area contributed by atoms with Crippen LogP contribution < -0.4 is 4.74 Å². The maximum Gasteiger partial charge on any atom is 0.420 e. The molecule has 1 aromatic carbocycles. The summed E-state index contributed by atoms with van der Waals surface area (Å²) < 4.78 is 62.5. The molecule has 0 N–H and O–H groups in total. The van der Waals surface area contributed by atoms with Gasteiger partial charge in [0, 0.05) is 12.0 Å². The first kappa shape index (κ1) is 29.4. The second-order valence-corrected chi connectivity index (χ2v) is 12.7. The number of hydrogen-bond acceptors (Lipinski definition) is 2. The molecule has 3 aliphatic rings. The van der Waals surface area contributed by atoms with Gasteiger partial charge in [0.1, 0.15) is 5.56 Å². The first-order valence-electron chi connectivity index (χ1n) is 15.2. The molecule has 4 rings (SSSR count). The number of carbonyl (C=O) groups excluding carboxylic acids is 1. The molecule has 0 spiro atoms. The third-order valence-corrected chi connectivity index (χ3v) is 9.92. The number of hydrogen-bond donors (Lipinski definition) is 0. The van der Waals surface area contributed by atoms with Crippen LogP contribution in [-0.2, 0) is 6.18 Å². The van der Waals surface area contributed by atoms with Crippen LogP contribution >= 0.6 is 0 Å². The number of rotatable bonds is 9. The molecule has 0 amide bonds. The van der Waals surface area contributed by atoms with Crippen LogP contribution in [0.25, 0.3) is 0 Å². The van der Waals surface area contributed by atoms with E-state index in [1.165, 1.54) is 44.6 Å². The Bertz CT molecular complexity index is 903. The molecule has 38 heavy (non-hydrogen) atoms. The summed E-state index contributed by atoms with van der Waals surface area (Å²) in [5.74, 6) is 0.800. The van der Waals surface area contributed by atoms with Gasteiger partial charge in [0.15, 0.2) is 17.3 Å². The fourth-order valence-corrected chi connectivity index (χ4v) is 7.47. The van der Waals surface area contributed by atoms with E-state index in [2.05, 4.69) is 13.8 Å². The predicted molar refractivity (Wildman–Crippen MR) is 143 cm³/mol. The molecular formula is C32H46F4O2. The van der Waals surface area contributed by atoms with Crippen molar-refractivity contribution in [1.82, 2.24) is 0 Å². The zero-order valence-electron chi connectivity index (χ0n) is 23.3. The summed E-state index contributed by atoms with van der Waals surface area (Å²) in [6, 6.07) is 2.35. The van der Waals surface area contributed by atoms with Gasteiger partial charge in [-0.2, -0.15) is 13.2 Å². The van der Waals surface area contributed by atoms with Gasteiger partial charge in [0.05, 0.1) is 6.61 Å². The Kier molecular flexibility index (Phi) is 10.2. The molecule has 3 fully saturated rings. The van der Waals surface area contributed by atoms with Crippen LogP contribution in [0.15, 0.2) is 12.1 Å². The summed E-state index contributed by atoms with van der Waals surface area (Å²) in [4.78, 5) is 13.1. The second-order valence-electron chi connectivity index (χ2n) is 12.7. The van der Waals surface area contributed by atoms with Crippen LogP contribution in [0.1, 0.15) is 126 Å². The van der Waals surface area contributed by atoms with Crippen molar-refractivity contribution in [3.8, 4) is 5.75 Å². The van der Waals surface area contributed by atoms with E-state index in [9.17, 15) is 18.0 Å². The highest BCUT2D eigenvalue weighted by atomic mass is 19.4. The quantitative estimate of drug-likeness (QED) is 0.231. The number of halogens is 4. The van der Waals surface area contributed by atoms with Gasteiger partial charge in [-0.3, -0.25) is 4.79 Å². The van der Waals surface area contributed by atoms with Gasteiger partial charge in [0.25, 0.3) is 0 Å².